The quantitative estimate of drug-likeness (QED) is 0.290. The van der Waals surface area contributed by atoms with Gasteiger partial charge in [0, 0.05) is 12.8 Å². The molecule has 0 aromatic heterocycles. The number of rotatable bonds is 6. The highest BCUT2D eigenvalue weighted by Crippen LogP contribution is 2.44. The van der Waals surface area contributed by atoms with Gasteiger partial charge < -0.3 is 25.4 Å². The van der Waals surface area contributed by atoms with E-state index in [1.165, 1.54) is 7.11 Å². The molecule has 0 bridgehead atoms. The van der Waals surface area contributed by atoms with Crippen molar-refractivity contribution in [2.45, 2.75) is 44.8 Å². The van der Waals surface area contributed by atoms with E-state index in [2.05, 4.69) is 28.1 Å². The fraction of sp³-hybridized carbons (Fsp3) is 0.294. The predicted molar refractivity (Wildman–Crippen MR) is 164 cm³/mol. The molecule has 4 aromatic carbocycles. The Bertz CT molecular complexity index is 1650. The van der Waals surface area contributed by atoms with Gasteiger partial charge in [0.05, 0.1) is 7.11 Å². The Morgan fingerprint density at radius 2 is 1.28 bits per heavy atom. The molecule has 5 rings (SSSR count). The molecule has 0 radical (unpaired) electrons. The number of methoxy groups -OCH3 is 1. The Balaban J connectivity index is 1.63. The Morgan fingerprint density at radius 1 is 0.744 bits per heavy atom. The Labute approximate surface area is 249 Å². The van der Waals surface area contributed by atoms with Crippen LogP contribution in [0, 0.1) is 0 Å². The van der Waals surface area contributed by atoms with Crippen LogP contribution in [-0.2, 0) is 36.7 Å². The van der Waals surface area contributed by atoms with Crippen LogP contribution in [0.2, 0.25) is 0 Å². The fourth-order valence-corrected chi connectivity index (χ4v) is 5.71. The zero-order valence-electron chi connectivity index (χ0n) is 24.7. The van der Waals surface area contributed by atoms with E-state index in [0.29, 0.717) is 0 Å². The highest BCUT2D eigenvalue weighted by molar-refractivity contribution is 6.09. The lowest BCUT2D eigenvalue weighted by Crippen LogP contribution is -2.63. The van der Waals surface area contributed by atoms with E-state index in [0.717, 1.165) is 43.8 Å². The molecule has 0 heterocycles. The summed E-state index contributed by atoms with van der Waals surface area (Å²) in [5.74, 6) is -1.73. The monoisotopic (exact) mass is 581 g/mol. The van der Waals surface area contributed by atoms with Crippen LogP contribution in [-0.4, -0.2) is 55.2 Å². The second-order valence-electron chi connectivity index (χ2n) is 11.7. The zero-order chi connectivity index (χ0) is 30.8. The highest BCUT2D eigenvalue weighted by Gasteiger charge is 2.44. The Hall–Kier alpha value is -4.92. The molecule has 0 spiro atoms. The molecular formula is C34H35N3O6. The summed E-state index contributed by atoms with van der Waals surface area (Å²) in [6.45, 7) is 4.40. The molecule has 4 aromatic rings. The van der Waals surface area contributed by atoms with Crippen molar-refractivity contribution in [3.05, 3.63) is 83.9 Å². The number of carbonyl (C=O) groups excluding carboxylic acids is 4. The van der Waals surface area contributed by atoms with E-state index in [1.54, 1.807) is 20.8 Å². The van der Waals surface area contributed by atoms with Crippen LogP contribution in [0.25, 0.3) is 32.7 Å². The fourth-order valence-electron chi connectivity index (χ4n) is 5.71. The summed E-state index contributed by atoms with van der Waals surface area (Å²) in [5, 5.41) is 12.2. The molecule has 43 heavy (non-hydrogen) atoms. The highest BCUT2D eigenvalue weighted by atomic mass is 16.6. The van der Waals surface area contributed by atoms with Crippen LogP contribution in [0.3, 0.4) is 0 Å². The van der Waals surface area contributed by atoms with Gasteiger partial charge in [-0.15, -0.1) is 0 Å². The van der Waals surface area contributed by atoms with E-state index in [9.17, 15) is 19.2 Å². The van der Waals surface area contributed by atoms with Crippen LogP contribution in [0.4, 0.5) is 4.79 Å². The van der Waals surface area contributed by atoms with Crippen molar-refractivity contribution in [2.75, 3.05) is 20.2 Å². The van der Waals surface area contributed by atoms with Gasteiger partial charge in [-0.25, -0.2) is 4.79 Å². The molecule has 222 valence electrons. The van der Waals surface area contributed by atoms with E-state index in [4.69, 9.17) is 9.47 Å². The molecular weight excluding hydrogens is 546 g/mol. The number of hydrogen-bond donors (Lipinski definition) is 3. The second-order valence-corrected chi connectivity index (χ2v) is 11.7. The van der Waals surface area contributed by atoms with Gasteiger partial charge in [-0.05, 0) is 64.6 Å². The standard InChI is InChI=1S/C34H35N3O6/c1-33(2,3)43-32(41)36-19-27(38)37-34(31(40)35-20-28(39)42-4)17-23-15-13-21-9-5-7-11-25(21)29(23)30-24(18-34)16-14-22-10-6-8-12-26(22)30/h5-16H,17-20H2,1-4H3,(H,35,40)(H,36,41)(H,37,38). The van der Waals surface area contributed by atoms with E-state index < -0.39 is 41.6 Å². The topological polar surface area (TPSA) is 123 Å². The van der Waals surface area contributed by atoms with Crippen LogP contribution < -0.4 is 16.0 Å². The Kier molecular flexibility index (Phi) is 8.08. The average molecular weight is 582 g/mol. The third-order valence-corrected chi connectivity index (χ3v) is 7.49. The summed E-state index contributed by atoms with van der Waals surface area (Å²) in [7, 11) is 1.24. The normalized spacial score (nSPS) is 13.7. The zero-order valence-corrected chi connectivity index (χ0v) is 24.7. The van der Waals surface area contributed by atoms with E-state index in [1.807, 2.05) is 60.7 Å². The van der Waals surface area contributed by atoms with Crippen molar-refractivity contribution >= 4 is 45.4 Å². The predicted octanol–water partition coefficient (Wildman–Crippen LogP) is 4.43. The summed E-state index contributed by atoms with van der Waals surface area (Å²) in [6.07, 6.45) is -0.468. The smallest absolute Gasteiger partial charge is 0.408 e. The second kappa shape index (κ2) is 11.8. The van der Waals surface area contributed by atoms with Gasteiger partial charge in [0.2, 0.25) is 11.8 Å². The maximum Gasteiger partial charge on any atom is 0.408 e. The van der Waals surface area contributed by atoms with Gasteiger partial charge in [0.25, 0.3) is 0 Å². The van der Waals surface area contributed by atoms with Gasteiger partial charge in [-0.3, -0.25) is 14.4 Å². The third kappa shape index (κ3) is 6.30. The number of esters is 1. The van der Waals surface area contributed by atoms with Crippen molar-refractivity contribution in [1.82, 2.24) is 16.0 Å². The molecule has 1 aliphatic rings. The Morgan fingerprint density at radius 3 is 1.79 bits per heavy atom. The van der Waals surface area contributed by atoms with Gasteiger partial charge in [0.1, 0.15) is 24.2 Å². The van der Waals surface area contributed by atoms with Crippen molar-refractivity contribution < 1.29 is 28.7 Å². The first-order chi connectivity index (χ1) is 20.5. The van der Waals surface area contributed by atoms with Crippen LogP contribution in [0.15, 0.2) is 72.8 Å². The number of fused-ring (bicyclic) bond motifs is 7. The van der Waals surface area contributed by atoms with E-state index >= 15 is 0 Å². The van der Waals surface area contributed by atoms with Crippen molar-refractivity contribution in [2.24, 2.45) is 0 Å². The van der Waals surface area contributed by atoms with Gasteiger partial charge in [-0.1, -0.05) is 72.8 Å². The molecule has 3 N–H and O–H groups in total. The number of carbonyl (C=O) groups is 4. The molecule has 0 fully saturated rings. The van der Waals surface area contributed by atoms with Gasteiger partial charge >= 0.3 is 12.1 Å². The third-order valence-electron chi connectivity index (χ3n) is 7.49. The molecule has 0 saturated heterocycles. The van der Waals surface area contributed by atoms with Crippen molar-refractivity contribution in [1.29, 1.82) is 0 Å². The van der Waals surface area contributed by atoms with Crippen LogP contribution in [0.5, 0.6) is 0 Å². The first-order valence-corrected chi connectivity index (χ1v) is 14.1. The summed E-state index contributed by atoms with van der Waals surface area (Å²) in [4.78, 5) is 51.7. The van der Waals surface area contributed by atoms with Gasteiger partial charge in [-0.2, -0.15) is 0 Å². The number of alkyl carbamates (subject to hydrolysis) is 1. The summed E-state index contributed by atoms with van der Waals surface area (Å²) in [6, 6.07) is 24.1. The summed E-state index contributed by atoms with van der Waals surface area (Å²) in [5.41, 5.74) is 1.48. The number of hydrogen-bond acceptors (Lipinski definition) is 6. The molecule has 9 nitrogen and oxygen atoms in total. The number of amides is 3. The number of ether oxygens (including phenoxy) is 2. The molecule has 0 atom stereocenters. The lowest BCUT2D eigenvalue weighted by molar-refractivity contribution is -0.142. The summed E-state index contributed by atoms with van der Waals surface area (Å²) < 4.78 is 10.00. The van der Waals surface area contributed by atoms with E-state index in [-0.39, 0.29) is 19.4 Å². The van der Waals surface area contributed by atoms with Crippen molar-refractivity contribution in [3.8, 4) is 11.1 Å². The molecule has 9 heteroatoms. The minimum atomic E-state index is -1.49. The van der Waals surface area contributed by atoms with Crippen molar-refractivity contribution in [3.63, 3.8) is 0 Å². The minimum absolute atomic E-state index is 0.140. The van der Waals surface area contributed by atoms with Crippen LogP contribution in [0.1, 0.15) is 31.9 Å². The lowest BCUT2D eigenvalue weighted by atomic mass is 9.85. The van der Waals surface area contributed by atoms with Gasteiger partial charge in [0.15, 0.2) is 0 Å². The molecule has 1 aliphatic carbocycles. The SMILES string of the molecule is COC(=O)CNC(=O)C1(NC(=O)CNC(=O)OC(C)(C)C)Cc2ccc3ccccc3c2-c2c(ccc3ccccc23)C1. The average Bonchev–Trinajstić information content (AvgIpc) is 3.12. The maximum absolute atomic E-state index is 14.1. The number of benzene rings is 4. The molecule has 0 unspecified atom stereocenters. The molecule has 3 amide bonds. The first-order valence-electron chi connectivity index (χ1n) is 14.1. The first kappa shape index (κ1) is 29.6. The summed E-state index contributed by atoms with van der Waals surface area (Å²) >= 11 is 0. The molecule has 0 aliphatic heterocycles. The van der Waals surface area contributed by atoms with Crippen LogP contribution >= 0.6 is 0 Å². The number of nitrogens with one attached hydrogen (secondary N) is 3. The largest absolute Gasteiger partial charge is 0.468 e. The lowest BCUT2D eigenvalue weighted by Gasteiger charge is -2.33. The molecule has 0 saturated carbocycles. The minimum Gasteiger partial charge on any atom is -0.468 e. The maximum atomic E-state index is 14.1.